The summed E-state index contributed by atoms with van der Waals surface area (Å²) in [7, 11) is 0. The Balaban J connectivity index is 2.40. The Bertz CT molecular complexity index is 450. The first-order valence-electron chi connectivity index (χ1n) is 5.88. The molecule has 0 fully saturated rings. The third-order valence-corrected chi connectivity index (χ3v) is 2.53. The van der Waals surface area contributed by atoms with Gasteiger partial charge < -0.3 is 14.8 Å². The summed E-state index contributed by atoms with van der Waals surface area (Å²) in [4.78, 5) is 22.9. The van der Waals surface area contributed by atoms with Gasteiger partial charge in [-0.2, -0.15) is 0 Å². The van der Waals surface area contributed by atoms with Gasteiger partial charge in [-0.25, -0.2) is 4.79 Å². The zero-order valence-electron chi connectivity index (χ0n) is 10.8. The third kappa shape index (κ3) is 5.18. The van der Waals surface area contributed by atoms with Crippen LogP contribution in [0.3, 0.4) is 0 Å². The number of hydrogen-bond donors (Lipinski definition) is 1. The van der Waals surface area contributed by atoms with Crippen molar-refractivity contribution in [2.75, 3.05) is 13.2 Å². The molecule has 0 radical (unpaired) electrons. The van der Waals surface area contributed by atoms with Gasteiger partial charge >= 0.3 is 5.97 Å². The van der Waals surface area contributed by atoms with E-state index in [4.69, 9.17) is 21.1 Å². The fourth-order valence-corrected chi connectivity index (χ4v) is 1.50. The second-order valence-electron chi connectivity index (χ2n) is 3.76. The molecule has 6 heteroatoms. The fourth-order valence-electron chi connectivity index (χ4n) is 1.31. The van der Waals surface area contributed by atoms with Gasteiger partial charge in [0.25, 0.3) is 5.91 Å². The Morgan fingerprint density at radius 3 is 2.68 bits per heavy atom. The molecule has 5 nitrogen and oxygen atoms in total. The molecule has 0 bridgehead atoms. The first kappa shape index (κ1) is 15.3. The fraction of sp³-hybridized carbons (Fsp3) is 0.385. The average Bonchev–Trinajstić information content (AvgIpc) is 2.38. The molecule has 0 aliphatic carbocycles. The zero-order valence-corrected chi connectivity index (χ0v) is 11.6. The van der Waals surface area contributed by atoms with Gasteiger partial charge in [-0.05, 0) is 26.0 Å². The van der Waals surface area contributed by atoms with Crippen LogP contribution in [0.25, 0.3) is 0 Å². The minimum absolute atomic E-state index is 0.215. The second kappa shape index (κ2) is 7.63. The van der Waals surface area contributed by atoms with E-state index in [-0.39, 0.29) is 13.2 Å². The first-order chi connectivity index (χ1) is 9.04. The topological polar surface area (TPSA) is 64.6 Å². The zero-order chi connectivity index (χ0) is 14.3. The Kier molecular flexibility index (Phi) is 6.15. The number of hydrogen-bond acceptors (Lipinski definition) is 4. The van der Waals surface area contributed by atoms with E-state index < -0.39 is 17.9 Å². The molecule has 1 unspecified atom stereocenters. The molecular weight excluding hydrogens is 270 g/mol. The van der Waals surface area contributed by atoms with Crippen molar-refractivity contribution in [2.45, 2.75) is 19.9 Å². The molecule has 1 atom stereocenters. The van der Waals surface area contributed by atoms with Crippen molar-refractivity contribution in [2.24, 2.45) is 0 Å². The third-order valence-electron chi connectivity index (χ3n) is 2.21. The lowest BCUT2D eigenvalue weighted by molar-refractivity contribution is -0.147. The van der Waals surface area contributed by atoms with E-state index in [2.05, 4.69) is 5.32 Å². The molecule has 104 valence electrons. The molecule has 0 spiro atoms. The maximum atomic E-state index is 11.6. The van der Waals surface area contributed by atoms with Crippen LogP contribution in [0.4, 0.5) is 0 Å². The Morgan fingerprint density at radius 1 is 1.37 bits per heavy atom. The lowest BCUT2D eigenvalue weighted by Crippen LogP contribution is -2.41. The minimum atomic E-state index is -0.706. The molecule has 0 aliphatic rings. The molecular formula is C13H16ClNO4. The van der Waals surface area contributed by atoms with Crippen LogP contribution in [-0.4, -0.2) is 31.1 Å². The quantitative estimate of drug-likeness (QED) is 0.809. The van der Waals surface area contributed by atoms with Crippen molar-refractivity contribution in [1.82, 2.24) is 5.32 Å². The molecule has 0 heterocycles. The molecule has 0 saturated carbocycles. The average molecular weight is 286 g/mol. The molecule has 19 heavy (non-hydrogen) atoms. The number of rotatable bonds is 6. The van der Waals surface area contributed by atoms with E-state index in [1.54, 1.807) is 38.1 Å². The lowest BCUT2D eigenvalue weighted by Gasteiger charge is -2.13. The highest BCUT2D eigenvalue weighted by Gasteiger charge is 2.16. The van der Waals surface area contributed by atoms with Crippen LogP contribution in [0.1, 0.15) is 13.8 Å². The monoisotopic (exact) mass is 285 g/mol. The van der Waals surface area contributed by atoms with Crippen molar-refractivity contribution >= 4 is 23.5 Å². The number of esters is 1. The Morgan fingerprint density at radius 2 is 2.05 bits per heavy atom. The van der Waals surface area contributed by atoms with E-state index in [0.29, 0.717) is 10.8 Å². The number of nitrogens with one attached hydrogen (secondary N) is 1. The largest absolute Gasteiger partial charge is 0.482 e. The number of benzene rings is 1. The second-order valence-corrected chi connectivity index (χ2v) is 4.17. The summed E-state index contributed by atoms with van der Waals surface area (Å²) in [5.74, 6) is -0.475. The van der Waals surface area contributed by atoms with Gasteiger partial charge in [-0.15, -0.1) is 0 Å². The van der Waals surface area contributed by atoms with Crippen molar-refractivity contribution in [3.05, 3.63) is 29.3 Å². The van der Waals surface area contributed by atoms with Gasteiger partial charge in [0.05, 0.1) is 11.6 Å². The summed E-state index contributed by atoms with van der Waals surface area (Å²) in [6, 6.07) is 6.13. The van der Waals surface area contributed by atoms with Gasteiger partial charge in [-0.3, -0.25) is 4.79 Å². The molecule has 1 amide bonds. The first-order valence-corrected chi connectivity index (χ1v) is 6.25. The normalized spacial score (nSPS) is 11.5. The van der Waals surface area contributed by atoms with E-state index in [0.717, 1.165) is 0 Å². The van der Waals surface area contributed by atoms with Crippen LogP contribution >= 0.6 is 11.6 Å². The molecule has 1 rings (SSSR count). The van der Waals surface area contributed by atoms with Crippen LogP contribution in [-0.2, 0) is 14.3 Å². The maximum absolute atomic E-state index is 11.6. The van der Waals surface area contributed by atoms with Crippen LogP contribution in [0.5, 0.6) is 5.75 Å². The van der Waals surface area contributed by atoms with Crippen molar-refractivity contribution in [3.63, 3.8) is 0 Å². The predicted molar refractivity (Wildman–Crippen MR) is 71.2 cm³/mol. The molecule has 1 aromatic rings. The number of ether oxygens (including phenoxy) is 2. The van der Waals surface area contributed by atoms with Gasteiger partial charge in [0.1, 0.15) is 11.8 Å². The minimum Gasteiger partial charge on any atom is -0.482 e. The van der Waals surface area contributed by atoms with Gasteiger partial charge in [0.2, 0.25) is 0 Å². The SMILES string of the molecule is CCOC(=O)C(C)NC(=O)COc1ccccc1Cl. The van der Waals surface area contributed by atoms with E-state index >= 15 is 0 Å². The smallest absolute Gasteiger partial charge is 0.328 e. The Hall–Kier alpha value is -1.75. The number of carbonyl (C=O) groups excluding carboxylic acids is 2. The summed E-state index contributed by atoms with van der Waals surface area (Å²) in [6.45, 7) is 3.31. The highest BCUT2D eigenvalue weighted by molar-refractivity contribution is 6.32. The van der Waals surface area contributed by atoms with Gasteiger partial charge in [0, 0.05) is 0 Å². The molecule has 1 N–H and O–H groups in total. The number of carbonyl (C=O) groups is 2. The standard InChI is InChI=1S/C13H16ClNO4/c1-3-18-13(17)9(2)15-12(16)8-19-11-7-5-4-6-10(11)14/h4-7,9H,3,8H2,1-2H3,(H,15,16). The predicted octanol–water partition coefficient (Wildman–Crippen LogP) is 1.79. The molecule has 0 aliphatic heterocycles. The van der Waals surface area contributed by atoms with Crippen LogP contribution in [0.2, 0.25) is 5.02 Å². The molecule has 0 aromatic heterocycles. The summed E-state index contributed by atoms with van der Waals surface area (Å²) in [5.41, 5.74) is 0. The summed E-state index contributed by atoms with van der Waals surface area (Å²) < 4.78 is 10.0. The van der Waals surface area contributed by atoms with E-state index in [1.165, 1.54) is 0 Å². The summed E-state index contributed by atoms with van der Waals surface area (Å²) >= 11 is 5.87. The van der Waals surface area contributed by atoms with Crippen molar-refractivity contribution < 1.29 is 19.1 Å². The van der Waals surface area contributed by atoms with Crippen LogP contribution in [0.15, 0.2) is 24.3 Å². The van der Waals surface area contributed by atoms with Crippen molar-refractivity contribution in [3.8, 4) is 5.75 Å². The van der Waals surface area contributed by atoms with Crippen LogP contribution in [0, 0.1) is 0 Å². The summed E-state index contributed by atoms with van der Waals surface area (Å²) in [6.07, 6.45) is 0. The van der Waals surface area contributed by atoms with Crippen molar-refractivity contribution in [1.29, 1.82) is 0 Å². The maximum Gasteiger partial charge on any atom is 0.328 e. The van der Waals surface area contributed by atoms with Gasteiger partial charge in [0.15, 0.2) is 6.61 Å². The number of para-hydroxylation sites is 1. The molecule has 0 saturated heterocycles. The summed E-state index contributed by atoms with van der Waals surface area (Å²) in [5, 5.41) is 2.90. The number of halogens is 1. The Labute approximate surface area is 116 Å². The lowest BCUT2D eigenvalue weighted by atomic mass is 10.3. The van der Waals surface area contributed by atoms with E-state index in [9.17, 15) is 9.59 Å². The van der Waals surface area contributed by atoms with Gasteiger partial charge in [-0.1, -0.05) is 23.7 Å². The van der Waals surface area contributed by atoms with Crippen LogP contribution < -0.4 is 10.1 Å². The molecule has 1 aromatic carbocycles. The van der Waals surface area contributed by atoms with E-state index in [1.807, 2.05) is 0 Å². The number of amides is 1. The highest BCUT2D eigenvalue weighted by atomic mass is 35.5. The highest BCUT2D eigenvalue weighted by Crippen LogP contribution is 2.22.